The lowest BCUT2D eigenvalue weighted by Gasteiger charge is -2.29. The molecule has 2 aromatic rings. The van der Waals surface area contributed by atoms with Crippen LogP contribution in [0.3, 0.4) is 0 Å². The molecule has 152 valence electrons. The summed E-state index contributed by atoms with van der Waals surface area (Å²) in [6.45, 7) is 1.87. The zero-order chi connectivity index (χ0) is 19.3. The number of nitrogens with zero attached hydrogens (tertiary/aromatic N) is 2. The van der Waals surface area contributed by atoms with Crippen molar-refractivity contribution < 1.29 is 14.3 Å². The number of H-pyrrole nitrogens is 1. The van der Waals surface area contributed by atoms with E-state index in [0.717, 1.165) is 31.2 Å². The lowest BCUT2D eigenvalue weighted by molar-refractivity contribution is -0.00409. The van der Waals surface area contributed by atoms with Crippen LogP contribution in [0.25, 0.3) is 11.0 Å². The second-order valence-electron chi connectivity index (χ2n) is 7.18. The molecule has 2 aromatic heterocycles. The summed E-state index contributed by atoms with van der Waals surface area (Å²) in [7, 11) is 1.67. The van der Waals surface area contributed by atoms with Crippen LogP contribution in [0.15, 0.2) is 12.3 Å². The predicted octanol–water partition coefficient (Wildman–Crippen LogP) is 0.315. The Balaban J connectivity index is 1.41. The van der Waals surface area contributed by atoms with Crippen molar-refractivity contribution in [1.82, 2.24) is 36.7 Å². The number of amides is 1. The molecule has 28 heavy (non-hydrogen) atoms. The average Bonchev–Trinajstić information content (AvgIpc) is 3.40. The van der Waals surface area contributed by atoms with Gasteiger partial charge in [0.1, 0.15) is 5.82 Å². The Kier molecular flexibility index (Phi) is 6.13. The van der Waals surface area contributed by atoms with Gasteiger partial charge in [-0.2, -0.15) is 5.53 Å². The van der Waals surface area contributed by atoms with Crippen LogP contribution in [0.5, 0.6) is 0 Å². The van der Waals surface area contributed by atoms with Crippen LogP contribution in [0.4, 0.5) is 0 Å². The van der Waals surface area contributed by atoms with Crippen LogP contribution in [0.1, 0.15) is 48.0 Å². The van der Waals surface area contributed by atoms with E-state index < -0.39 is 0 Å². The van der Waals surface area contributed by atoms with Gasteiger partial charge in [-0.05, 0) is 31.7 Å². The fraction of sp³-hybridized carbons (Fsp3) is 0.611. The molecule has 0 aromatic carbocycles. The lowest BCUT2D eigenvalue weighted by atomic mass is 9.93. The van der Waals surface area contributed by atoms with Gasteiger partial charge in [0.25, 0.3) is 5.91 Å². The van der Waals surface area contributed by atoms with Gasteiger partial charge >= 0.3 is 0 Å². The van der Waals surface area contributed by atoms with E-state index in [1.807, 2.05) is 6.07 Å². The number of fused-ring (bicyclic) bond motifs is 1. The number of hydrazine groups is 2. The maximum Gasteiger partial charge on any atom is 0.272 e. The molecule has 0 bridgehead atoms. The molecule has 0 spiro atoms. The number of ether oxygens (including phenoxy) is 2. The van der Waals surface area contributed by atoms with Crippen molar-refractivity contribution in [3.05, 3.63) is 23.8 Å². The van der Waals surface area contributed by atoms with Crippen molar-refractivity contribution in [3.8, 4) is 0 Å². The summed E-state index contributed by atoms with van der Waals surface area (Å²) in [6.07, 6.45) is 5.69. The van der Waals surface area contributed by atoms with Crippen LogP contribution >= 0.6 is 0 Å². The maximum absolute atomic E-state index is 13.0. The van der Waals surface area contributed by atoms with Gasteiger partial charge < -0.3 is 19.8 Å². The molecule has 0 radical (unpaired) electrons. The fourth-order valence-electron chi connectivity index (χ4n) is 3.71. The Morgan fingerprint density at radius 1 is 1.25 bits per heavy atom. The second-order valence-corrected chi connectivity index (χ2v) is 7.18. The Bertz CT molecular complexity index is 798. The van der Waals surface area contributed by atoms with E-state index in [-0.39, 0.29) is 24.1 Å². The molecular formula is C18H27N7O3. The van der Waals surface area contributed by atoms with E-state index in [2.05, 4.69) is 36.7 Å². The Hall–Kier alpha value is -2.11. The molecule has 1 saturated heterocycles. The normalized spacial score (nSPS) is 25.2. The highest BCUT2D eigenvalue weighted by Gasteiger charge is 2.26. The van der Waals surface area contributed by atoms with Crippen molar-refractivity contribution in [1.29, 1.82) is 0 Å². The van der Waals surface area contributed by atoms with Crippen LogP contribution in [-0.2, 0) is 9.47 Å². The van der Waals surface area contributed by atoms with Gasteiger partial charge in [0.15, 0.2) is 5.69 Å². The van der Waals surface area contributed by atoms with Crippen LogP contribution in [0, 0.1) is 0 Å². The number of hydrogen-bond donors (Lipinski definition) is 5. The molecule has 4 rings (SSSR count). The maximum atomic E-state index is 13.0. The van der Waals surface area contributed by atoms with E-state index >= 15 is 0 Å². The first-order valence-electron chi connectivity index (χ1n) is 9.74. The van der Waals surface area contributed by atoms with Gasteiger partial charge in [-0.25, -0.2) is 20.8 Å². The molecule has 2 aliphatic rings. The summed E-state index contributed by atoms with van der Waals surface area (Å²) in [4.78, 5) is 25.2. The van der Waals surface area contributed by atoms with Crippen molar-refractivity contribution in [2.75, 3.05) is 26.9 Å². The largest absolute Gasteiger partial charge is 0.382 e. The summed E-state index contributed by atoms with van der Waals surface area (Å²) >= 11 is 0. The molecule has 1 amide bonds. The van der Waals surface area contributed by atoms with Crippen LogP contribution in [-0.4, -0.2) is 59.9 Å². The standard InChI is InChI=1S/C18H27N7O3/c1-27-8-9-28-12-4-2-11(3-5-12)21-18(26)16-15-13(6-7-19-15)22-17(23-16)14-10-20-25-24-14/h6-7,11-12,14,19-20,24-25H,2-5,8-10H2,1H3,(H,21,26). The van der Waals surface area contributed by atoms with Crippen molar-refractivity contribution >= 4 is 16.9 Å². The highest BCUT2D eigenvalue weighted by Crippen LogP contribution is 2.23. The minimum Gasteiger partial charge on any atom is -0.382 e. The number of aromatic nitrogens is 3. The van der Waals surface area contributed by atoms with Gasteiger partial charge in [0.05, 0.1) is 36.4 Å². The number of carbonyl (C=O) groups is 1. The van der Waals surface area contributed by atoms with Gasteiger partial charge in [-0.15, -0.1) is 0 Å². The average molecular weight is 389 g/mol. The SMILES string of the molecule is COCCOC1CCC(NC(=O)c2nc(C3CNNN3)nc3cc[nH]c23)CC1. The van der Waals surface area contributed by atoms with Crippen LogP contribution in [0.2, 0.25) is 0 Å². The zero-order valence-electron chi connectivity index (χ0n) is 16.0. The first-order chi connectivity index (χ1) is 13.7. The number of aromatic amines is 1. The molecule has 1 aliphatic carbocycles. The smallest absolute Gasteiger partial charge is 0.272 e. The Labute approximate surface area is 163 Å². The molecule has 10 nitrogen and oxygen atoms in total. The molecule has 3 heterocycles. The summed E-state index contributed by atoms with van der Waals surface area (Å²) < 4.78 is 10.8. The van der Waals surface area contributed by atoms with Crippen LogP contribution < -0.4 is 21.7 Å². The van der Waals surface area contributed by atoms with E-state index in [0.29, 0.717) is 36.8 Å². The molecule has 5 N–H and O–H groups in total. The van der Waals surface area contributed by atoms with E-state index in [1.165, 1.54) is 0 Å². The minimum atomic E-state index is -0.168. The molecule has 10 heteroatoms. The van der Waals surface area contributed by atoms with Gasteiger partial charge in [-0.1, -0.05) is 0 Å². The van der Waals surface area contributed by atoms with E-state index in [9.17, 15) is 4.79 Å². The Morgan fingerprint density at radius 2 is 2.11 bits per heavy atom. The van der Waals surface area contributed by atoms with Crippen molar-refractivity contribution in [2.45, 2.75) is 43.9 Å². The number of nitrogens with one attached hydrogen (secondary N) is 5. The summed E-state index contributed by atoms with van der Waals surface area (Å²) in [5.41, 5.74) is 10.7. The number of methoxy groups -OCH3 is 1. The third kappa shape index (κ3) is 4.31. The number of hydrogen-bond acceptors (Lipinski definition) is 8. The summed E-state index contributed by atoms with van der Waals surface area (Å²) in [6, 6.07) is 1.90. The molecule has 2 fully saturated rings. The number of carbonyl (C=O) groups excluding carboxylic acids is 1. The van der Waals surface area contributed by atoms with E-state index in [1.54, 1.807) is 13.3 Å². The molecule has 1 unspecified atom stereocenters. The predicted molar refractivity (Wildman–Crippen MR) is 102 cm³/mol. The monoisotopic (exact) mass is 389 g/mol. The van der Waals surface area contributed by atoms with Gasteiger partial charge in [0.2, 0.25) is 0 Å². The number of rotatable bonds is 7. The third-order valence-electron chi connectivity index (χ3n) is 5.24. The van der Waals surface area contributed by atoms with E-state index in [4.69, 9.17) is 9.47 Å². The Morgan fingerprint density at radius 3 is 2.86 bits per heavy atom. The molecule has 1 aliphatic heterocycles. The zero-order valence-corrected chi connectivity index (χ0v) is 16.0. The fourth-order valence-corrected chi connectivity index (χ4v) is 3.71. The topological polar surface area (TPSA) is 125 Å². The highest BCUT2D eigenvalue weighted by atomic mass is 16.5. The first kappa shape index (κ1) is 19.2. The quantitative estimate of drug-likeness (QED) is 0.429. The van der Waals surface area contributed by atoms with Gasteiger partial charge in [0, 0.05) is 25.9 Å². The lowest BCUT2D eigenvalue weighted by Crippen LogP contribution is -2.40. The first-order valence-corrected chi connectivity index (χ1v) is 9.74. The summed E-state index contributed by atoms with van der Waals surface area (Å²) in [5.74, 6) is 0.420. The molecule has 1 saturated carbocycles. The third-order valence-corrected chi connectivity index (χ3v) is 5.24. The van der Waals surface area contributed by atoms with Crippen molar-refractivity contribution in [3.63, 3.8) is 0 Å². The van der Waals surface area contributed by atoms with Gasteiger partial charge in [-0.3, -0.25) is 4.79 Å². The minimum absolute atomic E-state index is 0.0921. The highest BCUT2D eigenvalue weighted by molar-refractivity contribution is 6.03. The molecule has 1 atom stereocenters. The van der Waals surface area contributed by atoms with Crippen molar-refractivity contribution in [2.24, 2.45) is 0 Å². The second kappa shape index (κ2) is 8.93. The summed E-state index contributed by atoms with van der Waals surface area (Å²) in [5, 5.41) is 3.14. The molecular weight excluding hydrogens is 362 g/mol.